The third kappa shape index (κ3) is 4.99. The Morgan fingerprint density at radius 3 is 2.52 bits per heavy atom. The van der Waals surface area contributed by atoms with Crippen LogP contribution in [0.4, 0.5) is 21.5 Å². The Balaban J connectivity index is 2.27. The van der Waals surface area contributed by atoms with Crippen molar-refractivity contribution in [3.8, 4) is 0 Å². The van der Waals surface area contributed by atoms with Crippen molar-refractivity contribution in [1.82, 2.24) is 4.90 Å². The van der Waals surface area contributed by atoms with Gasteiger partial charge in [0, 0.05) is 24.3 Å². The molecule has 0 aliphatic rings. The third-order valence-corrected chi connectivity index (χ3v) is 3.90. The second-order valence-corrected chi connectivity index (χ2v) is 6.14. The third-order valence-electron chi connectivity index (χ3n) is 3.07. The van der Waals surface area contributed by atoms with Gasteiger partial charge in [0.2, 0.25) is 0 Å². The van der Waals surface area contributed by atoms with E-state index in [0.29, 0.717) is 32.1 Å². The number of hydrogen-bond donors (Lipinski definition) is 1. The Labute approximate surface area is 149 Å². The van der Waals surface area contributed by atoms with E-state index in [1.807, 2.05) is 18.9 Å². The molecule has 0 aliphatic carbocycles. The van der Waals surface area contributed by atoms with E-state index in [4.69, 9.17) is 34.8 Å². The highest BCUT2D eigenvalue weighted by Crippen LogP contribution is 2.36. The average Bonchev–Trinajstić information content (AvgIpc) is 2.47. The number of halogens is 4. The van der Waals surface area contributed by atoms with Crippen LogP contribution in [0.25, 0.3) is 0 Å². The lowest BCUT2D eigenvalue weighted by atomic mass is 10.2. The molecule has 0 aliphatic heterocycles. The second-order valence-electron chi connectivity index (χ2n) is 4.88. The molecule has 2 rings (SSSR count). The second kappa shape index (κ2) is 7.86. The molecule has 1 N–H and O–H groups in total. The molecule has 7 heteroatoms. The molecule has 0 aromatic heterocycles. The molecule has 0 saturated heterocycles. The van der Waals surface area contributed by atoms with E-state index in [1.54, 1.807) is 24.5 Å². The van der Waals surface area contributed by atoms with E-state index in [-0.39, 0.29) is 0 Å². The summed E-state index contributed by atoms with van der Waals surface area (Å²) in [6.45, 7) is 2.84. The molecule has 0 heterocycles. The normalized spacial score (nSPS) is 11.0. The molecule has 0 fully saturated rings. The molecule has 0 spiro atoms. The Kier molecular flexibility index (Phi) is 6.10. The van der Waals surface area contributed by atoms with E-state index >= 15 is 0 Å². The average molecular weight is 375 g/mol. The molecule has 0 atom stereocenters. The summed E-state index contributed by atoms with van der Waals surface area (Å²) < 4.78 is 13.4. The summed E-state index contributed by atoms with van der Waals surface area (Å²) >= 11 is 18.3. The van der Waals surface area contributed by atoms with Crippen molar-refractivity contribution in [2.75, 3.05) is 18.9 Å². The smallest absolute Gasteiger partial charge is 0.126 e. The summed E-state index contributed by atoms with van der Waals surface area (Å²) in [7, 11) is 1.91. The highest BCUT2D eigenvalue weighted by Gasteiger charge is 2.08. The van der Waals surface area contributed by atoms with Crippen molar-refractivity contribution in [2.45, 2.75) is 6.92 Å². The fourth-order valence-corrected chi connectivity index (χ4v) is 2.39. The first-order valence-electron chi connectivity index (χ1n) is 6.85. The highest BCUT2D eigenvalue weighted by atomic mass is 35.5. The Bertz CT molecular complexity index is 715. The maximum atomic E-state index is 13.4. The summed E-state index contributed by atoms with van der Waals surface area (Å²) in [5, 5.41) is 4.13. The van der Waals surface area contributed by atoms with Gasteiger partial charge in [-0.1, -0.05) is 34.8 Å². The first-order valence-corrected chi connectivity index (χ1v) is 7.99. The number of anilines is 2. The van der Waals surface area contributed by atoms with Crippen molar-refractivity contribution in [1.29, 1.82) is 0 Å². The predicted octanol–water partition coefficient (Wildman–Crippen LogP) is 6.14. The maximum absolute atomic E-state index is 13.4. The van der Waals surface area contributed by atoms with E-state index in [9.17, 15) is 4.39 Å². The Morgan fingerprint density at radius 1 is 1.13 bits per heavy atom. The number of aliphatic imine (C=N–C) groups is 1. The van der Waals surface area contributed by atoms with Crippen LogP contribution in [0.5, 0.6) is 0 Å². The first kappa shape index (κ1) is 17.9. The van der Waals surface area contributed by atoms with Crippen LogP contribution in [-0.4, -0.2) is 24.8 Å². The van der Waals surface area contributed by atoms with Crippen LogP contribution in [-0.2, 0) is 0 Å². The fraction of sp³-hybridized carbons (Fsp3) is 0.188. The van der Waals surface area contributed by atoms with Gasteiger partial charge in [-0.05, 0) is 37.3 Å². The Morgan fingerprint density at radius 2 is 1.87 bits per heavy atom. The summed E-state index contributed by atoms with van der Waals surface area (Å²) in [5.41, 5.74) is 1.58. The molecule has 122 valence electrons. The van der Waals surface area contributed by atoms with Gasteiger partial charge < -0.3 is 10.2 Å². The molecule has 0 saturated carbocycles. The van der Waals surface area contributed by atoms with Crippen LogP contribution in [0.2, 0.25) is 15.1 Å². The van der Waals surface area contributed by atoms with Gasteiger partial charge in [-0.3, -0.25) is 0 Å². The molecule has 23 heavy (non-hydrogen) atoms. The van der Waals surface area contributed by atoms with Crippen LogP contribution < -0.4 is 5.32 Å². The number of hydrogen-bond acceptors (Lipinski definition) is 2. The zero-order valence-electron chi connectivity index (χ0n) is 12.6. The quantitative estimate of drug-likeness (QED) is 0.502. The van der Waals surface area contributed by atoms with Gasteiger partial charge in [-0.2, -0.15) is 0 Å². The lowest BCUT2D eigenvalue weighted by Crippen LogP contribution is -2.14. The summed E-state index contributed by atoms with van der Waals surface area (Å²) in [6.07, 6.45) is 1.68. The van der Waals surface area contributed by atoms with Crippen molar-refractivity contribution in [3.05, 3.63) is 51.2 Å². The van der Waals surface area contributed by atoms with Crippen molar-refractivity contribution in [2.24, 2.45) is 4.99 Å². The van der Waals surface area contributed by atoms with E-state index in [1.165, 1.54) is 12.1 Å². The van der Waals surface area contributed by atoms with Gasteiger partial charge in [0.05, 0.1) is 27.8 Å². The molecular formula is C16H15Cl3FN3. The lowest BCUT2D eigenvalue weighted by molar-refractivity contribution is 0.552. The van der Waals surface area contributed by atoms with Crippen LogP contribution >= 0.6 is 34.8 Å². The van der Waals surface area contributed by atoms with Crippen LogP contribution in [0.1, 0.15) is 6.92 Å². The van der Waals surface area contributed by atoms with Gasteiger partial charge in [-0.25, -0.2) is 9.38 Å². The van der Waals surface area contributed by atoms with Crippen LogP contribution in [0, 0.1) is 5.82 Å². The molecule has 0 unspecified atom stereocenters. The van der Waals surface area contributed by atoms with Gasteiger partial charge in [-0.15, -0.1) is 0 Å². The van der Waals surface area contributed by atoms with Gasteiger partial charge in [0.25, 0.3) is 0 Å². The summed E-state index contributed by atoms with van der Waals surface area (Å²) in [6, 6.07) is 7.42. The van der Waals surface area contributed by atoms with Gasteiger partial charge in [0.1, 0.15) is 5.82 Å². The van der Waals surface area contributed by atoms with Gasteiger partial charge >= 0.3 is 0 Å². The molecule has 3 nitrogen and oxygen atoms in total. The zero-order valence-corrected chi connectivity index (χ0v) is 14.8. The van der Waals surface area contributed by atoms with Crippen LogP contribution in [0.3, 0.4) is 0 Å². The zero-order chi connectivity index (χ0) is 17.0. The number of nitrogens with one attached hydrogen (secondary N) is 1. The minimum atomic E-state index is -0.439. The van der Waals surface area contributed by atoms with E-state index in [2.05, 4.69) is 10.3 Å². The lowest BCUT2D eigenvalue weighted by Gasteiger charge is -2.12. The predicted molar refractivity (Wildman–Crippen MR) is 97.6 cm³/mol. The molecule has 0 bridgehead atoms. The standard InChI is InChI=1S/C16H15Cl3FN3/c1-3-23(2)9-21-15-7-14(19)16(8-13(15)18)22-12-5-10(17)4-11(20)6-12/h4-9,22H,3H2,1-2H3. The largest absolute Gasteiger partial charge is 0.366 e. The molecule has 0 radical (unpaired) electrons. The highest BCUT2D eigenvalue weighted by molar-refractivity contribution is 6.37. The Hall–Kier alpha value is -1.49. The van der Waals surface area contributed by atoms with E-state index < -0.39 is 5.82 Å². The summed E-state index contributed by atoms with van der Waals surface area (Å²) in [5.74, 6) is -0.439. The minimum Gasteiger partial charge on any atom is -0.366 e. The van der Waals surface area contributed by atoms with E-state index in [0.717, 1.165) is 6.54 Å². The molecule has 0 amide bonds. The maximum Gasteiger partial charge on any atom is 0.126 e. The fourth-order valence-electron chi connectivity index (χ4n) is 1.75. The van der Waals surface area contributed by atoms with Gasteiger partial charge in [0.15, 0.2) is 0 Å². The summed E-state index contributed by atoms with van der Waals surface area (Å²) in [4.78, 5) is 6.20. The van der Waals surface area contributed by atoms with Crippen molar-refractivity contribution >= 4 is 58.2 Å². The van der Waals surface area contributed by atoms with Crippen molar-refractivity contribution in [3.63, 3.8) is 0 Å². The number of benzene rings is 2. The topological polar surface area (TPSA) is 27.6 Å². The SMILES string of the molecule is CCN(C)C=Nc1cc(Cl)c(Nc2cc(F)cc(Cl)c2)cc1Cl. The number of rotatable bonds is 5. The molecule has 2 aromatic rings. The monoisotopic (exact) mass is 373 g/mol. The number of nitrogens with zero attached hydrogens (tertiary/aromatic N) is 2. The molecular weight excluding hydrogens is 360 g/mol. The molecule has 2 aromatic carbocycles. The minimum absolute atomic E-state index is 0.290. The first-order chi connectivity index (χ1) is 10.9. The van der Waals surface area contributed by atoms with Crippen LogP contribution in [0.15, 0.2) is 35.3 Å². The van der Waals surface area contributed by atoms with Crippen molar-refractivity contribution < 1.29 is 4.39 Å².